The van der Waals surface area contributed by atoms with Crippen molar-refractivity contribution in [2.45, 2.75) is 174 Å². The number of quaternary nitrogens is 1. The normalized spacial score (nSPS) is 14.0. The molecule has 52 heavy (non-hydrogen) atoms. The fraction of sp³-hybridized carbons (Fsp3) is 0.810. The first-order valence-electron chi connectivity index (χ1n) is 20.7. The van der Waals surface area contributed by atoms with Crippen LogP contribution in [0.5, 0.6) is 0 Å². The largest absolute Gasteiger partial charge is 0.472 e. The SMILES string of the molecule is CCCCC/C=C\C/C=C\C/C=C\CCCCC(=O)O[C@H](COC(=O)CCCCCCCCCCCCCCC)COP(=O)(O)OCC[N+](C)(C)C. The van der Waals surface area contributed by atoms with Crippen LogP contribution in [0.3, 0.4) is 0 Å². The number of unbranched alkanes of at least 4 members (excludes halogenated alkanes) is 17. The van der Waals surface area contributed by atoms with E-state index >= 15 is 0 Å². The van der Waals surface area contributed by atoms with Crippen molar-refractivity contribution in [3.63, 3.8) is 0 Å². The molecule has 0 amide bonds. The molecule has 0 rings (SSSR count). The molecule has 0 saturated carbocycles. The van der Waals surface area contributed by atoms with Gasteiger partial charge in [0.05, 0.1) is 27.7 Å². The predicted octanol–water partition coefficient (Wildman–Crippen LogP) is 11.4. The van der Waals surface area contributed by atoms with Gasteiger partial charge in [-0.25, -0.2) is 4.57 Å². The van der Waals surface area contributed by atoms with Gasteiger partial charge in [-0.15, -0.1) is 0 Å². The van der Waals surface area contributed by atoms with Gasteiger partial charge in [0.25, 0.3) is 0 Å². The number of carbonyl (C=O) groups excluding carboxylic acids is 2. The number of phosphoric ester groups is 1. The Morgan fingerprint density at radius 2 is 1.04 bits per heavy atom. The maximum atomic E-state index is 12.6. The molecule has 0 heterocycles. The Kier molecular flexibility index (Phi) is 33.8. The summed E-state index contributed by atoms with van der Waals surface area (Å²) in [6.45, 7) is 4.34. The zero-order valence-corrected chi connectivity index (χ0v) is 34.9. The van der Waals surface area contributed by atoms with E-state index < -0.39 is 26.5 Å². The molecule has 0 fully saturated rings. The van der Waals surface area contributed by atoms with Crippen LogP contribution in [-0.4, -0.2) is 74.9 Å². The monoisotopic (exact) mass is 757 g/mol. The Balaban J connectivity index is 4.47. The van der Waals surface area contributed by atoms with Crippen LogP contribution < -0.4 is 0 Å². The highest BCUT2D eigenvalue weighted by Crippen LogP contribution is 2.43. The Hall–Kier alpha value is -1.77. The van der Waals surface area contributed by atoms with Crippen LogP contribution in [0.15, 0.2) is 36.5 Å². The van der Waals surface area contributed by atoms with Crippen molar-refractivity contribution < 1.29 is 42.1 Å². The molecule has 9 nitrogen and oxygen atoms in total. The number of hydrogen-bond acceptors (Lipinski definition) is 7. The van der Waals surface area contributed by atoms with Crippen LogP contribution in [0.25, 0.3) is 0 Å². The Morgan fingerprint density at radius 1 is 0.596 bits per heavy atom. The van der Waals surface area contributed by atoms with Gasteiger partial charge in [0, 0.05) is 12.8 Å². The van der Waals surface area contributed by atoms with E-state index in [-0.39, 0.29) is 32.0 Å². The molecule has 0 aliphatic heterocycles. The van der Waals surface area contributed by atoms with Crippen molar-refractivity contribution in [3.8, 4) is 0 Å². The molecular formula is C42H79NO8P+. The third-order valence-corrected chi connectivity index (χ3v) is 9.66. The summed E-state index contributed by atoms with van der Waals surface area (Å²) in [7, 11) is 1.45. The molecule has 304 valence electrons. The van der Waals surface area contributed by atoms with E-state index in [1.807, 2.05) is 21.1 Å². The number of rotatable bonds is 37. The van der Waals surface area contributed by atoms with Gasteiger partial charge in [0.1, 0.15) is 19.8 Å². The fourth-order valence-corrected chi connectivity index (χ4v) is 6.11. The number of hydrogen-bond donors (Lipinski definition) is 1. The first-order valence-corrected chi connectivity index (χ1v) is 22.2. The molecule has 10 heteroatoms. The fourth-order valence-electron chi connectivity index (χ4n) is 5.37. The molecule has 0 aliphatic rings. The molecule has 2 atom stereocenters. The second kappa shape index (κ2) is 35.0. The number of likely N-dealkylation sites (N-methyl/N-ethyl adjacent to an activating group) is 1. The predicted molar refractivity (Wildman–Crippen MR) is 215 cm³/mol. The number of esters is 2. The maximum absolute atomic E-state index is 12.6. The molecule has 0 aromatic carbocycles. The van der Waals surface area contributed by atoms with Crippen LogP contribution in [0, 0.1) is 0 Å². The summed E-state index contributed by atoms with van der Waals surface area (Å²) in [6, 6.07) is 0. The molecule has 0 spiro atoms. The summed E-state index contributed by atoms with van der Waals surface area (Å²) in [4.78, 5) is 35.2. The minimum Gasteiger partial charge on any atom is -0.462 e. The standard InChI is InChI=1S/C42H78NO8P/c1-6-8-10-12-14-16-18-20-21-23-25-27-29-31-33-35-42(45)51-40(39-50-52(46,47)49-37-36-43(3,4)5)38-48-41(44)34-32-30-28-26-24-22-19-17-15-13-11-9-7-2/h14,16,20-21,25,27,40H,6-13,15,17-19,22-24,26,28-39H2,1-5H3/p+1/b16-14-,21-20-,27-25-/t40-/m1/s1. The van der Waals surface area contributed by atoms with E-state index in [0.717, 1.165) is 51.4 Å². The molecule has 0 radical (unpaired) electrons. The van der Waals surface area contributed by atoms with Crippen molar-refractivity contribution in [2.24, 2.45) is 0 Å². The molecule has 0 aromatic heterocycles. The van der Waals surface area contributed by atoms with Crippen LogP contribution in [0.4, 0.5) is 0 Å². The van der Waals surface area contributed by atoms with Crippen LogP contribution in [-0.2, 0) is 32.7 Å². The number of nitrogens with zero attached hydrogens (tertiary/aromatic N) is 1. The molecule has 0 aliphatic carbocycles. The Bertz CT molecular complexity index is 991. The number of ether oxygens (including phenoxy) is 2. The first-order chi connectivity index (χ1) is 25.0. The third-order valence-electron chi connectivity index (χ3n) is 8.67. The van der Waals surface area contributed by atoms with Crippen molar-refractivity contribution in [3.05, 3.63) is 36.5 Å². The van der Waals surface area contributed by atoms with Gasteiger partial charge >= 0.3 is 19.8 Å². The smallest absolute Gasteiger partial charge is 0.462 e. The first kappa shape index (κ1) is 50.2. The minimum absolute atomic E-state index is 0.0249. The lowest BCUT2D eigenvalue weighted by Crippen LogP contribution is -2.37. The molecule has 0 aromatic rings. The van der Waals surface area contributed by atoms with E-state index in [2.05, 4.69) is 50.3 Å². The molecule has 1 N–H and O–H groups in total. The summed E-state index contributed by atoms with van der Waals surface area (Å²) < 4.78 is 34.2. The third kappa shape index (κ3) is 38.0. The molecule has 0 saturated heterocycles. The van der Waals surface area contributed by atoms with Crippen molar-refractivity contribution in [1.82, 2.24) is 0 Å². The second-order valence-corrected chi connectivity index (χ2v) is 16.5. The van der Waals surface area contributed by atoms with E-state index in [9.17, 15) is 19.0 Å². The summed E-state index contributed by atoms with van der Waals surface area (Å²) in [5.74, 6) is -0.842. The molecule has 1 unspecified atom stereocenters. The van der Waals surface area contributed by atoms with Crippen LogP contribution >= 0.6 is 7.82 Å². The van der Waals surface area contributed by atoms with Crippen LogP contribution in [0.1, 0.15) is 168 Å². The molecule has 0 bridgehead atoms. The van der Waals surface area contributed by atoms with Gasteiger partial charge < -0.3 is 18.9 Å². The van der Waals surface area contributed by atoms with Gasteiger partial charge in [0.15, 0.2) is 6.10 Å². The molecular weight excluding hydrogens is 677 g/mol. The number of phosphoric acid groups is 1. The minimum atomic E-state index is -4.38. The van der Waals surface area contributed by atoms with Gasteiger partial charge in [-0.3, -0.25) is 18.6 Å². The lowest BCUT2D eigenvalue weighted by molar-refractivity contribution is -0.870. The van der Waals surface area contributed by atoms with E-state index in [0.29, 0.717) is 17.4 Å². The second-order valence-electron chi connectivity index (χ2n) is 15.0. The van der Waals surface area contributed by atoms with Crippen molar-refractivity contribution in [1.29, 1.82) is 0 Å². The lowest BCUT2D eigenvalue weighted by Gasteiger charge is -2.24. The van der Waals surface area contributed by atoms with Gasteiger partial charge in [-0.2, -0.15) is 0 Å². The van der Waals surface area contributed by atoms with E-state index in [1.165, 1.54) is 83.5 Å². The highest BCUT2D eigenvalue weighted by molar-refractivity contribution is 7.47. The van der Waals surface area contributed by atoms with Crippen molar-refractivity contribution in [2.75, 3.05) is 47.5 Å². The van der Waals surface area contributed by atoms with Crippen molar-refractivity contribution >= 4 is 19.8 Å². The topological polar surface area (TPSA) is 108 Å². The Morgan fingerprint density at radius 3 is 1.58 bits per heavy atom. The maximum Gasteiger partial charge on any atom is 0.472 e. The average Bonchev–Trinajstić information content (AvgIpc) is 3.09. The van der Waals surface area contributed by atoms with Crippen LogP contribution in [0.2, 0.25) is 0 Å². The summed E-state index contributed by atoms with van der Waals surface area (Å²) in [5, 5.41) is 0. The van der Waals surface area contributed by atoms with E-state index in [4.69, 9.17) is 18.5 Å². The van der Waals surface area contributed by atoms with E-state index in [1.54, 1.807) is 0 Å². The highest BCUT2D eigenvalue weighted by Gasteiger charge is 2.27. The zero-order valence-electron chi connectivity index (χ0n) is 34.0. The summed E-state index contributed by atoms with van der Waals surface area (Å²) in [5.41, 5.74) is 0. The summed E-state index contributed by atoms with van der Waals surface area (Å²) >= 11 is 0. The highest BCUT2D eigenvalue weighted by atomic mass is 31.2. The number of carbonyl (C=O) groups is 2. The number of allylic oxidation sites excluding steroid dienone is 6. The quantitative estimate of drug-likeness (QED) is 0.0219. The average molecular weight is 757 g/mol. The van der Waals surface area contributed by atoms with Gasteiger partial charge in [0.2, 0.25) is 0 Å². The zero-order chi connectivity index (χ0) is 38.6. The van der Waals surface area contributed by atoms with Gasteiger partial charge in [-0.1, -0.05) is 140 Å². The summed E-state index contributed by atoms with van der Waals surface area (Å²) in [6.07, 6.45) is 37.6. The van der Waals surface area contributed by atoms with Gasteiger partial charge in [-0.05, 0) is 51.4 Å². The lowest BCUT2D eigenvalue weighted by atomic mass is 10.0. The Labute approximate surface area is 319 Å².